The van der Waals surface area contributed by atoms with Gasteiger partial charge in [0, 0.05) is 12.8 Å². The summed E-state index contributed by atoms with van der Waals surface area (Å²) in [5, 5.41) is 5.70. The lowest BCUT2D eigenvalue weighted by Gasteiger charge is -2.16. The predicted octanol–water partition coefficient (Wildman–Crippen LogP) is 2.97. The molecular weight excluding hydrogens is 228 g/mol. The Bertz CT molecular complexity index is 391. The van der Waals surface area contributed by atoms with Crippen LogP contribution in [0.3, 0.4) is 0 Å². The molecule has 1 rings (SSSR count). The van der Waals surface area contributed by atoms with E-state index in [9.17, 15) is 4.79 Å². The fourth-order valence-electron chi connectivity index (χ4n) is 1.79. The van der Waals surface area contributed by atoms with Crippen LogP contribution in [0.15, 0.2) is 24.3 Å². The van der Waals surface area contributed by atoms with Gasteiger partial charge >= 0.3 is 6.03 Å². The third-order valence-electron chi connectivity index (χ3n) is 2.63. The first-order valence-corrected chi connectivity index (χ1v) is 6.20. The van der Waals surface area contributed by atoms with Gasteiger partial charge in [-0.25, -0.2) is 4.79 Å². The minimum absolute atomic E-state index is 0.0128. The Kier molecular flexibility index (Phi) is 5.65. The van der Waals surface area contributed by atoms with Gasteiger partial charge in [-0.1, -0.05) is 32.0 Å². The quantitative estimate of drug-likeness (QED) is 0.844. The molecule has 4 nitrogen and oxygen atoms in total. The summed E-state index contributed by atoms with van der Waals surface area (Å²) in [4.78, 5) is 11.8. The Morgan fingerprint density at radius 1 is 1.28 bits per heavy atom. The average Bonchev–Trinajstić information content (AvgIpc) is 2.29. The molecule has 0 saturated heterocycles. The Morgan fingerprint density at radius 2 is 1.94 bits per heavy atom. The number of rotatable bonds is 5. The monoisotopic (exact) mass is 250 g/mol. The normalized spacial score (nSPS) is 12.3. The van der Waals surface area contributed by atoms with Crippen molar-refractivity contribution in [2.45, 2.75) is 32.7 Å². The first-order valence-electron chi connectivity index (χ1n) is 6.20. The van der Waals surface area contributed by atoms with Gasteiger partial charge in [-0.05, 0) is 24.5 Å². The van der Waals surface area contributed by atoms with Crippen molar-refractivity contribution in [2.75, 3.05) is 19.0 Å². The van der Waals surface area contributed by atoms with E-state index in [4.69, 9.17) is 4.74 Å². The van der Waals surface area contributed by atoms with Gasteiger partial charge in [0.05, 0.1) is 12.6 Å². The molecule has 0 saturated carbocycles. The van der Waals surface area contributed by atoms with Gasteiger partial charge < -0.3 is 15.4 Å². The fourth-order valence-corrected chi connectivity index (χ4v) is 1.79. The predicted molar refractivity (Wildman–Crippen MR) is 74.0 cm³/mol. The third kappa shape index (κ3) is 4.37. The van der Waals surface area contributed by atoms with Crippen LogP contribution in [-0.4, -0.2) is 25.8 Å². The molecule has 1 aromatic carbocycles. The minimum atomic E-state index is -0.201. The molecule has 2 N–H and O–H groups in total. The number of methoxy groups -OCH3 is 1. The molecule has 100 valence electrons. The molecule has 0 radical (unpaired) electrons. The van der Waals surface area contributed by atoms with Crippen LogP contribution in [0.1, 0.15) is 32.3 Å². The second kappa shape index (κ2) is 7.01. The maximum Gasteiger partial charge on any atom is 0.319 e. The summed E-state index contributed by atoms with van der Waals surface area (Å²) in [5.74, 6) is 0.373. The van der Waals surface area contributed by atoms with Crippen molar-refractivity contribution in [3.63, 3.8) is 0 Å². The maximum atomic E-state index is 11.8. The number of ether oxygens (including phenoxy) is 1. The average molecular weight is 250 g/mol. The van der Waals surface area contributed by atoms with Gasteiger partial charge in [0.1, 0.15) is 0 Å². The van der Waals surface area contributed by atoms with E-state index in [1.807, 2.05) is 31.2 Å². The molecule has 1 aromatic rings. The maximum absolute atomic E-state index is 11.8. The van der Waals surface area contributed by atoms with Gasteiger partial charge in [-0.3, -0.25) is 0 Å². The summed E-state index contributed by atoms with van der Waals surface area (Å²) < 4.78 is 4.97. The Balaban J connectivity index is 2.64. The van der Waals surface area contributed by atoms with E-state index in [-0.39, 0.29) is 12.1 Å². The minimum Gasteiger partial charge on any atom is -0.383 e. The lowest BCUT2D eigenvalue weighted by molar-refractivity contribution is 0.173. The van der Waals surface area contributed by atoms with Crippen LogP contribution in [0, 0.1) is 0 Å². The van der Waals surface area contributed by atoms with Crippen molar-refractivity contribution in [3.05, 3.63) is 29.8 Å². The van der Waals surface area contributed by atoms with Crippen LogP contribution >= 0.6 is 0 Å². The Morgan fingerprint density at radius 3 is 2.56 bits per heavy atom. The zero-order chi connectivity index (χ0) is 13.5. The lowest BCUT2D eigenvalue weighted by atomic mass is 10.0. The van der Waals surface area contributed by atoms with E-state index >= 15 is 0 Å². The van der Waals surface area contributed by atoms with Crippen molar-refractivity contribution in [1.82, 2.24) is 5.32 Å². The summed E-state index contributed by atoms with van der Waals surface area (Å²) in [7, 11) is 1.62. The smallest absolute Gasteiger partial charge is 0.319 e. The van der Waals surface area contributed by atoms with Crippen molar-refractivity contribution in [3.8, 4) is 0 Å². The molecule has 1 unspecified atom stereocenters. The van der Waals surface area contributed by atoms with Crippen LogP contribution < -0.4 is 10.6 Å². The number of nitrogens with one attached hydrogen (secondary N) is 2. The van der Waals surface area contributed by atoms with Gasteiger partial charge in [-0.2, -0.15) is 0 Å². The van der Waals surface area contributed by atoms with Crippen LogP contribution in [0.25, 0.3) is 0 Å². The first-order chi connectivity index (χ1) is 8.54. The number of hydrogen-bond donors (Lipinski definition) is 2. The van der Waals surface area contributed by atoms with Crippen LogP contribution in [0.5, 0.6) is 0 Å². The van der Waals surface area contributed by atoms with Crippen molar-refractivity contribution < 1.29 is 9.53 Å². The highest BCUT2D eigenvalue weighted by atomic mass is 16.5. The second-order valence-electron chi connectivity index (χ2n) is 4.70. The van der Waals surface area contributed by atoms with Crippen LogP contribution in [-0.2, 0) is 4.74 Å². The second-order valence-corrected chi connectivity index (χ2v) is 4.70. The summed E-state index contributed by atoms with van der Waals surface area (Å²) in [6.45, 7) is 6.61. The standard InChI is InChI=1S/C14H22N2O2/c1-10(2)12-7-5-6-8-13(12)16-14(17)15-11(3)9-18-4/h5-8,10-11H,9H2,1-4H3,(H2,15,16,17). The number of carbonyl (C=O) groups is 1. The highest BCUT2D eigenvalue weighted by Gasteiger charge is 2.10. The molecule has 0 aromatic heterocycles. The highest BCUT2D eigenvalue weighted by Crippen LogP contribution is 2.23. The number of amides is 2. The summed E-state index contributed by atoms with van der Waals surface area (Å²) in [6.07, 6.45) is 0. The fraction of sp³-hybridized carbons (Fsp3) is 0.500. The number of para-hydroxylation sites is 1. The molecule has 0 aliphatic heterocycles. The van der Waals surface area contributed by atoms with E-state index in [0.717, 1.165) is 11.3 Å². The van der Waals surface area contributed by atoms with Crippen molar-refractivity contribution in [1.29, 1.82) is 0 Å². The summed E-state index contributed by atoms with van der Waals surface area (Å²) in [6, 6.07) is 7.62. The Labute approximate surface area is 109 Å². The molecule has 2 amide bonds. The van der Waals surface area contributed by atoms with E-state index in [2.05, 4.69) is 24.5 Å². The Hall–Kier alpha value is -1.55. The third-order valence-corrected chi connectivity index (χ3v) is 2.63. The van der Waals surface area contributed by atoms with Gasteiger partial charge in [0.15, 0.2) is 0 Å². The van der Waals surface area contributed by atoms with E-state index < -0.39 is 0 Å². The van der Waals surface area contributed by atoms with Crippen LogP contribution in [0.4, 0.5) is 10.5 Å². The zero-order valence-corrected chi connectivity index (χ0v) is 11.5. The van der Waals surface area contributed by atoms with E-state index in [0.29, 0.717) is 12.5 Å². The number of benzene rings is 1. The molecule has 18 heavy (non-hydrogen) atoms. The zero-order valence-electron chi connectivity index (χ0n) is 11.5. The number of carbonyl (C=O) groups excluding carboxylic acids is 1. The number of urea groups is 1. The molecule has 4 heteroatoms. The lowest BCUT2D eigenvalue weighted by Crippen LogP contribution is -2.38. The number of anilines is 1. The molecule has 0 aliphatic rings. The van der Waals surface area contributed by atoms with Crippen molar-refractivity contribution in [2.24, 2.45) is 0 Å². The molecule has 0 heterocycles. The van der Waals surface area contributed by atoms with Crippen LogP contribution in [0.2, 0.25) is 0 Å². The topological polar surface area (TPSA) is 50.4 Å². The molecule has 0 fully saturated rings. The summed E-state index contributed by atoms with van der Waals surface area (Å²) >= 11 is 0. The van der Waals surface area contributed by atoms with Crippen molar-refractivity contribution >= 4 is 11.7 Å². The molecule has 1 atom stereocenters. The van der Waals surface area contributed by atoms with Gasteiger partial charge in [0.25, 0.3) is 0 Å². The SMILES string of the molecule is COCC(C)NC(=O)Nc1ccccc1C(C)C. The number of hydrogen-bond acceptors (Lipinski definition) is 2. The first kappa shape index (κ1) is 14.5. The molecular formula is C14H22N2O2. The molecule has 0 aliphatic carbocycles. The van der Waals surface area contributed by atoms with Gasteiger partial charge in [-0.15, -0.1) is 0 Å². The molecule has 0 spiro atoms. The van der Waals surface area contributed by atoms with E-state index in [1.54, 1.807) is 7.11 Å². The molecule has 0 bridgehead atoms. The largest absolute Gasteiger partial charge is 0.383 e. The van der Waals surface area contributed by atoms with E-state index in [1.165, 1.54) is 0 Å². The van der Waals surface area contributed by atoms with Gasteiger partial charge in [0.2, 0.25) is 0 Å². The highest BCUT2D eigenvalue weighted by molar-refractivity contribution is 5.90. The summed E-state index contributed by atoms with van der Waals surface area (Å²) in [5.41, 5.74) is 1.99.